The van der Waals surface area contributed by atoms with Crippen LogP contribution in [0.3, 0.4) is 0 Å². The second-order valence-electron chi connectivity index (χ2n) is 5.27. The van der Waals surface area contributed by atoms with Crippen molar-refractivity contribution in [2.24, 2.45) is 0 Å². The van der Waals surface area contributed by atoms with Crippen molar-refractivity contribution in [2.75, 3.05) is 5.32 Å². The van der Waals surface area contributed by atoms with Crippen molar-refractivity contribution < 1.29 is 4.79 Å². The van der Waals surface area contributed by atoms with E-state index in [1.807, 2.05) is 34.6 Å². The first kappa shape index (κ1) is 13.4. The molecule has 17 heavy (non-hydrogen) atoms. The summed E-state index contributed by atoms with van der Waals surface area (Å²) in [6.07, 6.45) is 1.58. The summed E-state index contributed by atoms with van der Waals surface area (Å²) < 4.78 is 0. The Morgan fingerprint density at radius 1 is 1.35 bits per heavy atom. The Balaban J connectivity index is 2.82. The zero-order valence-electron chi connectivity index (χ0n) is 11.0. The Hall–Kier alpha value is -1.65. The van der Waals surface area contributed by atoms with Crippen LogP contribution in [0.25, 0.3) is 0 Å². The number of rotatable bonds is 3. The first-order valence-electron chi connectivity index (χ1n) is 5.70. The molecule has 94 valence electrons. The Labute approximate surface area is 102 Å². The van der Waals surface area contributed by atoms with Crippen molar-refractivity contribution in [1.82, 2.24) is 15.3 Å². The van der Waals surface area contributed by atoms with Crippen LogP contribution < -0.4 is 10.6 Å². The first-order valence-corrected chi connectivity index (χ1v) is 5.70. The molecule has 1 aromatic heterocycles. The smallest absolute Gasteiger partial charge is 0.270 e. The molecule has 2 N–H and O–H groups in total. The third-order valence-corrected chi connectivity index (χ3v) is 1.79. The fraction of sp³-hybridized carbons (Fsp3) is 0.583. The number of hydrogen-bond donors (Lipinski definition) is 2. The maximum Gasteiger partial charge on any atom is 0.270 e. The zero-order chi connectivity index (χ0) is 13.1. The van der Waals surface area contributed by atoms with Gasteiger partial charge in [-0.25, -0.2) is 9.97 Å². The summed E-state index contributed by atoms with van der Waals surface area (Å²) >= 11 is 0. The van der Waals surface area contributed by atoms with Crippen LogP contribution in [-0.4, -0.2) is 27.5 Å². The van der Waals surface area contributed by atoms with Crippen LogP contribution in [0.5, 0.6) is 0 Å². The number of nitrogens with zero attached hydrogens (tertiary/aromatic N) is 2. The summed E-state index contributed by atoms with van der Waals surface area (Å²) in [4.78, 5) is 20.0. The van der Waals surface area contributed by atoms with Gasteiger partial charge in [-0.05, 0) is 40.7 Å². The van der Waals surface area contributed by atoms with Gasteiger partial charge in [0.1, 0.15) is 5.69 Å². The number of anilines is 1. The number of hydrogen-bond acceptors (Lipinski definition) is 4. The number of nitrogens with one attached hydrogen (secondary N) is 2. The SMILES string of the molecule is CC(C)NC(=O)c1ccnc(NC(C)(C)C)n1. The monoisotopic (exact) mass is 236 g/mol. The minimum atomic E-state index is -0.181. The average Bonchev–Trinajstić information content (AvgIpc) is 2.14. The Bertz CT molecular complexity index is 396. The van der Waals surface area contributed by atoms with E-state index in [4.69, 9.17) is 0 Å². The molecular weight excluding hydrogens is 216 g/mol. The third kappa shape index (κ3) is 4.80. The topological polar surface area (TPSA) is 66.9 Å². The number of carbonyl (C=O) groups excluding carboxylic acids is 1. The molecule has 0 atom stereocenters. The molecule has 5 heteroatoms. The fourth-order valence-electron chi connectivity index (χ4n) is 1.22. The van der Waals surface area contributed by atoms with Gasteiger partial charge >= 0.3 is 0 Å². The van der Waals surface area contributed by atoms with Gasteiger partial charge in [0.2, 0.25) is 5.95 Å². The predicted molar refractivity (Wildman–Crippen MR) is 68.0 cm³/mol. The molecule has 1 heterocycles. The van der Waals surface area contributed by atoms with Crippen LogP contribution in [-0.2, 0) is 0 Å². The van der Waals surface area contributed by atoms with Crippen molar-refractivity contribution in [3.8, 4) is 0 Å². The summed E-state index contributed by atoms with van der Waals surface area (Å²) in [7, 11) is 0. The molecule has 0 spiro atoms. The molecule has 0 aromatic carbocycles. The summed E-state index contributed by atoms with van der Waals surface area (Å²) in [6.45, 7) is 9.85. The predicted octanol–water partition coefficient (Wildman–Crippen LogP) is 1.83. The molecular formula is C12H20N4O. The number of aromatic nitrogens is 2. The van der Waals surface area contributed by atoms with E-state index >= 15 is 0 Å². The minimum Gasteiger partial charge on any atom is -0.350 e. The molecule has 1 rings (SSSR count). The fourth-order valence-corrected chi connectivity index (χ4v) is 1.22. The molecule has 1 aromatic rings. The maximum atomic E-state index is 11.7. The van der Waals surface area contributed by atoms with Crippen LogP contribution in [0.1, 0.15) is 45.1 Å². The quantitative estimate of drug-likeness (QED) is 0.840. The van der Waals surface area contributed by atoms with Gasteiger partial charge in [0, 0.05) is 17.8 Å². The molecule has 0 unspecified atom stereocenters. The van der Waals surface area contributed by atoms with Gasteiger partial charge in [-0.1, -0.05) is 0 Å². The minimum absolute atomic E-state index is 0.0940. The van der Waals surface area contributed by atoms with Crippen LogP contribution >= 0.6 is 0 Å². The van der Waals surface area contributed by atoms with Gasteiger partial charge in [0.05, 0.1) is 0 Å². The molecule has 0 fully saturated rings. The summed E-state index contributed by atoms with van der Waals surface area (Å²) in [5, 5.41) is 5.92. The molecule has 1 amide bonds. The highest BCUT2D eigenvalue weighted by molar-refractivity contribution is 5.92. The molecule has 5 nitrogen and oxygen atoms in total. The zero-order valence-corrected chi connectivity index (χ0v) is 11.0. The van der Waals surface area contributed by atoms with Gasteiger partial charge in [0.15, 0.2) is 0 Å². The lowest BCUT2D eigenvalue weighted by Gasteiger charge is -2.20. The normalized spacial score (nSPS) is 11.4. The van der Waals surface area contributed by atoms with Gasteiger partial charge in [0.25, 0.3) is 5.91 Å². The number of amides is 1. The average molecular weight is 236 g/mol. The molecule has 0 bridgehead atoms. The van der Waals surface area contributed by atoms with Crippen molar-refractivity contribution in [1.29, 1.82) is 0 Å². The second kappa shape index (κ2) is 5.12. The second-order valence-corrected chi connectivity index (χ2v) is 5.27. The van der Waals surface area contributed by atoms with E-state index < -0.39 is 0 Å². The molecule has 0 saturated heterocycles. The van der Waals surface area contributed by atoms with Crippen molar-refractivity contribution in [2.45, 2.75) is 46.2 Å². The van der Waals surface area contributed by atoms with Crippen LogP contribution in [0, 0.1) is 0 Å². The molecule has 0 aliphatic carbocycles. The van der Waals surface area contributed by atoms with Crippen LogP contribution in [0.4, 0.5) is 5.95 Å². The Morgan fingerprint density at radius 3 is 2.53 bits per heavy atom. The standard InChI is InChI=1S/C12H20N4O/c1-8(2)14-10(17)9-6-7-13-11(15-9)16-12(3,4)5/h6-8H,1-5H3,(H,14,17)(H,13,15,16). The lowest BCUT2D eigenvalue weighted by Crippen LogP contribution is -2.32. The highest BCUT2D eigenvalue weighted by Gasteiger charge is 2.13. The van der Waals surface area contributed by atoms with Gasteiger partial charge in [-0.15, -0.1) is 0 Å². The van der Waals surface area contributed by atoms with E-state index in [9.17, 15) is 4.79 Å². The largest absolute Gasteiger partial charge is 0.350 e. The van der Waals surface area contributed by atoms with Crippen LogP contribution in [0.2, 0.25) is 0 Å². The lowest BCUT2D eigenvalue weighted by atomic mass is 10.1. The van der Waals surface area contributed by atoms with Gasteiger partial charge < -0.3 is 10.6 Å². The Morgan fingerprint density at radius 2 is 2.00 bits per heavy atom. The highest BCUT2D eigenvalue weighted by Crippen LogP contribution is 2.09. The Kier molecular flexibility index (Phi) is 4.04. The van der Waals surface area contributed by atoms with Crippen molar-refractivity contribution in [3.05, 3.63) is 18.0 Å². The van der Waals surface area contributed by atoms with E-state index in [0.29, 0.717) is 11.6 Å². The third-order valence-electron chi connectivity index (χ3n) is 1.79. The molecule has 0 aliphatic heterocycles. The van der Waals surface area contributed by atoms with E-state index in [1.165, 1.54) is 0 Å². The summed E-state index contributed by atoms with van der Waals surface area (Å²) in [5.74, 6) is 0.285. The van der Waals surface area contributed by atoms with Gasteiger partial charge in [-0.3, -0.25) is 4.79 Å². The van der Waals surface area contributed by atoms with E-state index in [0.717, 1.165) is 0 Å². The van der Waals surface area contributed by atoms with Crippen molar-refractivity contribution >= 4 is 11.9 Å². The summed E-state index contributed by atoms with van der Waals surface area (Å²) in [6, 6.07) is 1.70. The van der Waals surface area contributed by atoms with E-state index in [1.54, 1.807) is 12.3 Å². The number of carbonyl (C=O) groups is 1. The summed E-state index contributed by atoms with van der Waals surface area (Å²) in [5.41, 5.74) is 0.244. The molecule has 0 saturated carbocycles. The van der Waals surface area contributed by atoms with E-state index in [2.05, 4.69) is 20.6 Å². The van der Waals surface area contributed by atoms with Gasteiger partial charge in [-0.2, -0.15) is 0 Å². The van der Waals surface area contributed by atoms with Crippen molar-refractivity contribution in [3.63, 3.8) is 0 Å². The maximum absolute atomic E-state index is 11.7. The highest BCUT2D eigenvalue weighted by atomic mass is 16.1. The van der Waals surface area contributed by atoms with E-state index in [-0.39, 0.29) is 17.5 Å². The lowest BCUT2D eigenvalue weighted by molar-refractivity contribution is 0.0938. The van der Waals surface area contributed by atoms with Crippen LogP contribution in [0.15, 0.2) is 12.3 Å². The first-order chi connectivity index (χ1) is 7.78. The molecule has 0 radical (unpaired) electrons. The molecule has 0 aliphatic rings.